The van der Waals surface area contributed by atoms with Gasteiger partial charge in [0.25, 0.3) is 5.91 Å². The zero-order chi connectivity index (χ0) is 21.4. The Kier molecular flexibility index (Phi) is 4.55. The van der Waals surface area contributed by atoms with E-state index < -0.39 is 5.91 Å². The van der Waals surface area contributed by atoms with Crippen LogP contribution < -0.4 is 20.6 Å². The number of carbonyl (C=O) groups is 1. The predicted octanol–water partition coefficient (Wildman–Crippen LogP) is 1.76. The molecule has 0 radical (unpaired) electrons. The average molecular weight is 438 g/mol. The Morgan fingerprint density at radius 2 is 2.16 bits per heavy atom. The molecule has 0 atom stereocenters. The first-order chi connectivity index (χ1) is 15.1. The average Bonchev–Trinajstić information content (AvgIpc) is 3.54. The van der Waals surface area contributed by atoms with Crippen LogP contribution in [0.25, 0.3) is 17.1 Å². The molecule has 0 spiro atoms. The van der Waals surface area contributed by atoms with Crippen molar-refractivity contribution in [1.29, 1.82) is 0 Å². The lowest BCUT2D eigenvalue weighted by atomic mass is 10.1. The molecule has 3 aromatic heterocycles. The number of nitrogen functional groups attached to an aromatic ring is 1. The molecule has 0 unspecified atom stereocenters. The molecule has 0 saturated heterocycles. The van der Waals surface area contributed by atoms with E-state index in [2.05, 4.69) is 35.8 Å². The summed E-state index contributed by atoms with van der Waals surface area (Å²) in [6, 6.07) is 7.13. The number of nitrogens with one attached hydrogen (secondary N) is 1. The Labute approximate surface area is 178 Å². The van der Waals surface area contributed by atoms with Crippen molar-refractivity contribution < 1.29 is 18.9 Å². The molecule has 4 heterocycles. The van der Waals surface area contributed by atoms with Gasteiger partial charge in [0, 0.05) is 10.4 Å². The summed E-state index contributed by atoms with van der Waals surface area (Å²) in [6.07, 6.45) is 1.57. The van der Waals surface area contributed by atoms with Crippen molar-refractivity contribution in [1.82, 2.24) is 30.7 Å². The smallest absolute Gasteiger partial charge is 0.294 e. The molecule has 31 heavy (non-hydrogen) atoms. The van der Waals surface area contributed by atoms with Crippen LogP contribution in [-0.4, -0.2) is 44.2 Å². The van der Waals surface area contributed by atoms with Crippen LogP contribution in [0.1, 0.15) is 20.9 Å². The number of thiophene rings is 1. The Balaban J connectivity index is 1.54. The number of hydrazone groups is 1. The van der Waals surface area contributed by atoms with Gasteiger partial charge >= 0.3 is 0 Å². The first kappa shape index (κ1) is 18.7. The van der Waals surface area contributed by atoms with Gasteiger partial charge in [0.05, 0.1) is 6.21 Å². The Hall–Kier alpha value is -4.26. The molecular weight excluding hydrogens is 424 g/mol. The van der Waals surface area contributed by atoms with Gasteiger partial charge in [-0.3, -0.25) is 4.79 Å². The third kappa shape index (κ3) is 3.36. The van der Waals surface area contributed by atoms with Gasteiger partial charge in [-0.1, -0.05) is 5.21 Å². The largest absolute Gasteiger partial charge is 0.454 e. The summed E-state index contributed by atoms with van der Waals surface area (Å²) >= 11 is 1.51. The fourth-order valence-electron chi connectivity index (χ4n) is 2.94. The number of amides is 1. The molecule has 5 rings (SSSR count). The van der Waals surface area contributed by atoms with Crippen LogP contribution >= 0.6 is 11.3 Å². The maximum Gasteiger partial charge on any atom is 0.294 e. The topological polar surface area (TPSA) is 156 Å². The number of carbonyl (C=O) groups excluding carboxylic acids is 1. The fraction of sp³-hybridized carbons (Fsp3) is 0.111. The molecule has 1 aliphatic rings. The maximum absolute atomic E-state index is 12.9. The second-order valence-electron chi connectivity index (χ2n) is 6.41. The van der Waals surface area contributed by atoms with Crippen molar-refractivity contribution in [2.24, 2.45) is 5.10 Å². The Morgan fingerprint density at radius 3 is 2.94 bits per heavy atom. The van der Waals surface area contributed by atoms with Crippen LogP contribution in [0.4, 0.5) is 5.82 Å². The molecule has 0 saturated carbocycles. The highest BCUT2D eigenvalue weighted by molar-refractivity contribution is 7.11. The minimum absolute atomic E-state index is 0.00122. The molecule has 1 aliphatic heterocycles. The molecule has 1 aromatic carbocycles. The van der Waals surface area contributed by atoms with Gasteiger partial charge in [-0.15, -0.1) is 16.4 Å². The molecule has 0 fully saturated rings. The van der Waals surface area contributed by atoms with Crippen LogP contribution in [-0.2, 0) is 0 Å². The summed E-state index contributed by atoms with van der Waals surface area (Å²) in [4.78, 5) is 13.8. The molecule has 1 amide bonds. The summed E-state index contributed by atoms with van der Waals surface area (Å²) in [6.45, 7) is 2.07. The minimum atomic E-state index is -0.570. The van der Waals surface area contributed by atoms with E-state index in [1.54, 1.807) is 24.4 Å². The highest BCUT2D eigenvalue weighted by Gasteiger charge is 2.26. The summed E-state index contributed by atoms with van der Waals surface area (Å²) in [5, 5.41) is 21.3. The monoisotopic (exact) mass is 438 g/mol. The van der Waals surface area contributed by atoms with E-state index in [1.807, 2.05) is 18.4 Å². The molecule has 13 heteroatoms. The van der Waals surface area contributed by atoms with Crippen molar-refractivity contribution in [3.05, 3.63) is 45.8 Å². The number of nitrogens with two attached hydrogens (primary N) is 1. The Morgan fingerprint density at radius 1 is 1.29 bits per heavy atom. The number of aromatic nitrogens is 5. The van der Waals surface area contributed by atoms with Crippen molar-refractivity contribution >= 4 is 29.3 Å². The lowest BCUT2D eigenvalue weighted by Gasteiger charge is -2.07. The van der Waals surface area contributed by atoms with E-state index in [0.29, 0.717) is 22.8 Å². The molecule has 156 valence electrons. The number of hydrogen-bond acceptors (Lipinski definition) is 11. The van der Waals surface area contributed by atoms with Crippen molar-refractivity contribution in [3.8, 4) is 28.6 Å². The Bertz CT molecular complexity index is 1310. The van der Waals surface area contributed by atoms with E-state index in [9.17, 15) is 4.79 Å². The second kappa shape index (κ2) is 7.53. The predicted molar refractivity (Wildman–Crippen MR) is 109 cm³/mol. The van der Waals surface area contributed by atoms with Gasteiger partial charge in [0.1, 0.15) is 5.69 Å². The number of nitrogens with zero attached hydrogens (tertiary/aromatic N) is 6. The van der Waals surface area contributed by atoms with Gasteiger partial charge in [-0.05, 0) is 52.4 Å². The van der Waals surface area contributed by atoms with Crippen LogP contribution in [0.3, 0.4) is 0 Å². The number of benzene rings is 1. The SMILES string of the molecule is Cc1ccsc1C=NNC(=O)c1nnn(-c2nonc2N)c1-c1ccc2c(c1)OCO2. The normalized spacial score (nSPS) is 12.5. The number of fused-ring (bicyclic) bond motifs is 1. The number of anilines is 1. The molecule has 0 bridgehead atoms. The van der Waals surface area contributed by atoms with E-state index in [0.717, 1.165) is 10.4 Å². The highest BCUT2D eigenvalue weighted by Crippen LogP contribution is 2.37. The minimum Gasteiger partial charge on any atom is -0.454 e. The van der Waals surface area contributed by atoms with Crippen molar-refractivity contribution in [2.45, 2.75) is 6.92 Å². The molecule has 4 aromatic rings. The standard InChI is InChI=1S/C18H14N8O4S/c1-9-4-5-31-13(9)7-20-22-18(27)14-15(10-2-3-11-12(6-10)29-8-28-11)26(25-21-14)17-16(19)23-30-24-17/h2-7H,8H2,1H3,(H2,19,23)(H,22,27). The van der Waals surface area contributed by atoms with Gasteiger partial charge in [-0.2, -0.15) is 9.78 Å². The molecule has 3 N–H and O–H groups in total. The zero-order valence-corrected chi connectivity index (χ0v) is 16.8. The van der Waals surface area contributed by atoms with Gasteiger partial charge in [-0.25, -0.2) is 10.1 Å². The van der Waals surface area contributed by atoms with Gasteiger partial charge in [0.2, 0.25) is 18.4 Å². The third-order valence-corrected chi connectivity index (χ3v) is 5.43. The number of ether oxygens (including phenoxy) is 2. The van der Waals surface area contributed by atoms with E-state index in [-0.39, 0.29) is 24.1 Å². The van der Waals surface area contributed by atoms with Gasteiger partial charge < -0.3 is 15.2 Å². The van der Waals surface area contributed by atoms with Crippen LogP contribution in [0.2, 0.25) is 0 Å². The first-order valence-electron chi connectivity index (χ1n) is 8.93. The van der Waals surface area contributed by atoms with Gasteiger partial charge in [0.15, 0.2) is 17.2 Å². The summed E-state index contributed by atoms with van der Waals surface area (Å²) < 4.78 is 16.7. The number of rotatable bonds is 5. The van der Waals surface area contributed by atoms with Crippen LogP contribution in [0.5, 0.6) is 11.5 Å². The van der Waals surface area contributed by atoms with Crippen molar-refractivity contribution in [3.63, 3.8) is 0 Å². The third-order valence-electron chi connectivity index (χ3n) is 4.48. The zero-order valence-electron chi connectivity index (χ0n) is 16.0. The molecule has 12 nitrogen and oxygen atoms in total. The molecular formula is C18H14N8O4S. The lowest BCUT2D eigenvalue weighted by molar-refractivity contribution is 0.0950. The number of hydrogen-bond donors (Lipinski definition) is 2. The lowest BCUT2D eigenvalue weighted by Crippen LogP contribution is -2.19. The summed E-state index contributed by atoms with van der Waals surface area (Å²) in [5.74, 6) is 0.628. The summed E-state index contributed by atoms with van der Waals surface area (Å²) in [7, 11) is 0. The second-order valence-corrected chi connectivity index (χ2v) is 7.35. The quantitative estimate of drug-likeness (QED) is 0.350. The fourth-order valence-corrected chi connectivity index (χ4v) is 3.73. The molecule has 0 aliphatic carbocycles. The van der Waals surface area contributed by atoms with E-state index in [4.69, 9.17) is 15.2 Å². The van der Waals surface area contributed by atoms with Crippen LogP contribution in [0, 0.1) is 6.92 Å². The number of aryl methyl sites for hydroxylation is 1. The summed E-state index contributed by atoms with van der Waals surface area (Å²) in [5.41, 5.74) is 10.2. The van der Waals surface area contributed by atoms with Crippen molar-refractivity contribution in [2.75, 3.05) is 12.5 Å². The first-order valence-corrected chi connectivity index (χ1v) is 9.81. The van der Waals surface area contributed by atoms with Crippen LogP contribution in [0.15, 0.2) is 39.4 Å². The highest BCUT2D eigenvalue weighted by atomic mass is 32.1. The maximum atomic E-state index is 12.9. The van der Waals surface area contributed by atoms with E-state index in [1.165, 1.54) is 16.0 Å². The van der Waals surface area contributed by atoms with E-state index >= 15 is 0 Å².